The van der Waals surface area contributed by atoms with Gasteiger partial charge in [-0.2, -0.15) is 0 Å². The zero-order valence-corrected chi connectivity index (χ0v) is 14.7. The van der Waals surface area contributed by atoms with Gasteiger partial charge in [-0.1, -0.05) is 5.16 Å². The van der Waals surface area contributed by atoms with Crippen LogP contribution in [0.5, 0.6) is 0 Å². The van der Waals surface area contributed by atoms with Crippen molar-refractivity contribution in [3.8, 4) is 11.4 Å². The van der Waals surface area contributed by atoms with Crippen LogP contribution in [0.25, 0.3) is 23.5 Å². The standard InChI is InChI=1S/C18H15FN4O2S/c1-10-13(17(23-25-10)14-6-2-11(19)8-20-14)5-7-16-21-9-15(26-16)18(24)22-12-3-4-12/h2,5-9,12H,3-4H2,1H3,(H,22,24). The zero-order chi connectivity index (χ0) is 18.1. The minimum absolute atomic E-state index is 0.0815. The molecule has 1 amide bonds. The third-order valence-electron chi connectivity index (χ3n) is 3.93. The molecule has 1 aliphatic rings. The number of nitrogens with one attached hydrogen (secondary N) is 1. The molecule has 0 radical (unpaired) electrons. The van der Waals surface area contributed by atoms with Gasteiger partial charge in [0.15, 0.2) is 0 Å². The predicted octanol–water partition coefficient (Wildman–Crippen LogP) is 3.70. The Hall–Kier alpha value is -2.87. The molecule has 1 aliphatic carbocycles. The SMILES string of the molecule is Cc1onc(-c2ccc(F)cn2)c1C=Cc1ncc(C(=O)NC2CC2)s1. The predicted molar refractivity (Wildman–Crippen MR) is 96.0 cm³/mol. The average molecular weight is 370 g/mol. The van der Waals surface area contributed by atoms with Gasteiger partial charge in [0, 0.05) is 11.6 Å². The number of hydrogen-bond donors (Lipinski definition) is 1. The van der Waals surface area contributed by atoms with Crippen molar-refractivity contribution in [2.45, 2.75) is 25.8 Å². The van der Waals surface area contributed by atoms with E-state index >= 15 is 0 Å². The molecule has 8 heteroatoms. The molecule has 132 valence electrons. The highest BCUT2D eigenvalue weighted by Gasteiger charge is 2.24. The van der Waals surface area contributed by atoms with Gasteiger partial charge in [-0.3, -0.25) is 9.78 Å². The number of nitrogens with zero attached hydrogens (tertiary/aromatic N) is 3. The van der Waals surface area contributed by atoms with Crippen molar-refractivity contribution in [1.82, 2.24) is 20.4 Å². The normalized spacial score (nSPS) is 14.1. The van der Waals surface area contributed by atoms with Crippen molar-refractivity contribution in [3.05, 3.63) is 51.6 Å². The molecule has 3 aromatic heterocycles. The molecule has 0 aromatic carbocycles. The molecule has 1 N–H and O–H groups in total. The van der Waals surface area contributed by atoms with E-state index in [1.807, 2.05) is 6.08 Å². The van der Waals surface area contributed by atoms with Crippen LogP contribution < -0.4 is 5.32 Å². The first-order chi connectivity index (χ1) is 12.6. The van der Waals surface area contributed by atoms with Gasteiger partial charge in [0.2, 0.25) is 0 Å². The fraction of sp³-hybridized carbons (Fsp3) is 0.222. The summed E-state index contributed by atoms with van der Waals surface area (Å²) in [5, 5.41) is 7.65. The van der Waals surface area contributed by atoms with Crippen LogP contribution in [0.1, 0.15) is 38.8 Å². The van der Waals surface area contributed by atoms with Crippen molar-refractivity contribution >= 4 is 29.4 Å². The van der Waals surface area contributed by atoms with Gasteiger partial charge in [-0.25, -0.2) is 9.37 Å². The summed E-state index contributed by atoms with van der Waals surface area (Å²) in [5.41, 5.74) is 1.79. The molecule has 0 saturated heterocycles. The highest BCUT2D eigenvalue weighted by molar-refractivity contribution is 7.14. The summed E-state index contributed by atoms with van der Waals surface area (Å²) in [4.78, 5) is 20.9. The number of carbonyl (C=O) groups excluding carboxylic acids is 1. The fourth-order valence-corrected chi connectivity index (χ4v) is 3.11. The van der Waals surface area contributed by atoms with Crippen molar-refractivity contribution in [3.63, 3.8) is 0 Å². The average Bonchev–Trinajstić information content (AvgIpc) is 3.18. The van der Waals surface area contributed by atoms with E-state index in [9.17, 15) is 9.18 Å². The maximum absolute atomic E-state index is 13.1. The third kappa shape index (κ3) is 3.55. The number of carbonyl (C=O) groups is 1. The van der Waals surface area contributed by atoms with E-state index in [0.29, 0.717) is 33.1 Å². The number of aryl methyl sites for hydroxylation is 1. The molecule has 6 nitrogen and oxygen atoms in total. The monoisotopic (exact) mass is 370 g/mol. The van der Waals surface area contributed by atoms with Gasteiger partial charge in [-0.05, 0) is 44.1 Å². The molecule has 1 saturated carbocycles. The maximum atomic E-state index is 13.1. The van der Waals surface area contributed by atoms with Crippen molar-refractivity contribution < 1.29 is 13.7 Å². The maximum Gasteiger partial charge on any atom is 0.263 e. The Bertz CT molecular complexity index is 973. The molecule has 3 aromatic rings. The van der Waals surface area contributed by atoms with Crippen molar-refractivity contribution in [2.24, 2.45) is 0 Å². The smallest absolute Gasteiger partial charge is 0.263 e. The third-order valence-corrected chi connectivity index (χ3v) is 4.89. The number of hydrogen-bond acceptors (Lipinski definition) is 6. The Morgan fingerprint density at radius 1 is 1.31 bits per heavy atom. The number of rotatable bonds is 5. The molecular weight excluding hydrogens is 355 g/mol. The number of amides is 1. The Morgan fingerprint density at radius 3 is 2.88 bits per heavy atom. The van der Waals surface area contributed by atoms with Gasteiger partial charge in [-0.15, -0.1) is 11.3 Å². The van der Waals surface area contributed by atoms with Crippen LogP contribution in [0.2, 0.25) is 0 Å². The molecule has 26 heavy (non-hydrogen) atoms. The molecule has 1 fully saturated rings. The van der Waals surface area contributed by atoms with Gasteiger partial charge in [0.1, 0.15) is 27.2 Å². The van der Waals surface area contributed by atoms with Crippen LogP contribution in [0.4, 0.5) is 4.39 Å². The molecule has 0 atom stereocenters. The lowest BCUT2D eigenvalue weighted by Gasteiger charge is -1.98. The summed E-state index contributed by atoms with van der Waals surface area (Å²) >= 11 is 1.32. The summed E-state index contributed by atoms with van der Waals surface area (Å²) < 4.78 is 18.3. The first-order valence-electron chi connectivity index (χ1n) is 8.13. The number of aromatic nitrogens is 3. The van der Waals surface area contributed by atoms with Gasteiger partial charge >= 0.3 is 0 Å². The lowest BCUT2D eigenvalue weighted by molar-refractivity contribution is 0.0955. The largest absolute Gasteiger partial charge is 0.360 e. The minimum Gasteiger partial charge on any atom is -0.360 e. The second-order valence-electron chi connectivity index (χ2n) is 6.01. The molecule has 0 unspecified atom stereocenters. The van der Waals surface area contributed by atoms with Crippen LogP contribution in [0.15, 0.2) is 29.0 Å². The number of halogens is 1. The van der Waals surface area contributed by atoms with E-state index in [2.05, 4.69) is 20.4 Å². The summed E-state index contributed by atoms with van der Waals surface area (Å²) in [5.74, 6) is 0.124. The molecule has 0 spiro atoms. The Labute approximate surface area is 152 Å². The van der Waals surface area contributed by atoms with E-state index in [0.717, 1.165) is 24.6 Å². The lowest BCUT2D eigenvalue weighted by Crippen LogP contribution is -2.24. The van der Waals surface area contributed by atoms with Crippen LogP contribution in [0.3, 0.4) is 0 Å². The first kappa shape index (κ1) is 16.6. The second kappa shape index (κ2) is 6.80. The van der Waals surface area contributed by atoms with Crippen molar-refractivity contribution in [1.29, 1.82) is 0 Å². The molecule has 0 bridgehead atoms. The van der Waals surface area contributed by atoms with Gasteiger partial charge in [0.25, 0.3) is 5.91 Å². The Balaban J connectivity index is 1.55. The van der Waals surface area contributed by atoms with Gasteiger partial charge < -0.3 is 9.84 Å². The molecule has 4 rings (SSSR count). The van der Waals surface area contributed by atoms with Gasteiger partial charge in [0.05, 0.1) is 18.1 Å². The minimum atomic E-state index is -0.411. The van der Waals surface area contributed by atoms with E-state index < -0.39 is 5.82 Å². The number of thiazole rings is 1. The molecule has 3 heterocycles. The Kier molecular flexibility index (Phi) is 4.34. The number of pyridine rings is 1. The highest BCUT2D eigenvalue weighted by atomic mass is 32.1. The lowest BCUT2D eigenvalue weighted by atomic mass is 10.1. The first-order valence-corrected chi connectivity index (χ1v) is 8.95. The summed E-state index contributed by atoms with van der Waals surface area (Å²) in [6.45, 7) is 1.79. The molecular formula is C18H15FN4O2S. The van der Waals surface area contributed by atoms with E-state index in [4.69, 9.17) is 4.52 Å². The quantitative estimate of drug-likeness (QED) is 0.741. The fourth-order valence-electron chi connectivity index (χ4n) is 2.38. The second-order valence-corrected chi connectivity index (χ2v) is 7.07. The van der Waals surface area contributed by atoms with Crippen molar-refractivity contribution in [2.75, 3.05) is 0 Å². The summed E-state index contributed by atoms with van der Waals surface area (Å²) in [7, 11) is 0. The van der Waals surface area contributed by atoms with E-state index in [-0.39, 0.29) is 5.91 Å². The van der Waals surface area contributed by atoms with Crippen LogP contribution in [0, 0.1) is 12.7 Å². The zero-order valence-electron chi connectivity index (χ0n) is 13.9. The highest BCUT2D eigenvalue weighted by Crippen LogP contribution is 2.26. The van der Waals surface area contributed by atoms with E-state index in [1.165, 1.54) is 17.4 Å². The van der Waals surface area contributed by atoms with Crippen LogP contribution in [-0.2, 0) is 0 Å². The van der Waals surface area contributed by atoms with Crippen LogP contribution >= 0.6 is 11.3 Å². The Morgan fingerprint density at radius 2 is 2.15 bits per heavy atom. The summed E-state index contributed by atoms with van der Waals surface area (Å²) in [6.07, 6.45) is 8.41. The molecule has 0 aliphatic heterocycles. The summed E-state index contributed by atoms with van der Waals surface area (Å²) in [6, 6.07) is 3.19. The van der Waals surface area contributed by atoms with Crippen LogP contribution in [-0.4, -0.2) is 27.1 Å². The topological polar surface area (TPSA) is 80.9 Å². The van der Waals surface area contributed by atoms with E-state index in [1.54, 1.807) is 25.3 Å².